The molecule has 5 heteroatoms. The quantitative estimate of drug-likeness (QED) is 0.861. The Morgan fingerprint density at radius 3 is 2.71 bits per heavy atom. The van der Waals surface area contributed by atoms with E-state index in [1.165, 1.54) is 0 Å². The van der Waals surface area contributed by atoms with Crippen molar-refractivity contribution in [1.29, 1.82) is 0 Å². The van der Waals surface area contributed by atoms with Gasteiger partial charge in [-0.1, -0.05) is 6.07 Å². The van der Waals surface area contributed by atoms with Crippen LogP contribution < -0.4 is 4.90 Å². The van der Waals surface area contributed by atoms with Gasteiger partial charge in [-0.2, -0.15) is 0 Å². The topological polar surface area (TPSA) is 60.9 Å². The van der Waals surface area contributed by atoms with Gasteiger partial charge in [0.1, 0.15) is 0 Å². The first-order chi connectivity index (χ1) is 9.90. The fourth-order valence-corrected chi connectivity index (χ4v) is 2.60. The maximum Gasteiger partial charge on any atom is 0.336 e. The number of Topliss-reactive ketones (excluding diaryl/α,β-unsaturated/α-hetero) is 1. The number of anilines is 1. The Morgan fingerprint density at radius 2 is 2.10 bits per heavy atom. The zero-order valence-electron chi connectivity index (χ0n) is 12.6. The van der Waals surface area contributed by atoms with Crippen LogP contribution in [0.25, 0.3) is 0 Å². The monoisotopic (exact) mass is 288 g/mol. The van der Waals surface area contributed by atoms with Crippen LogP contribution in [0, 0.1) is 6.92 Å². The van der Waals surface area contributed by atoms with Crippen LogP contribution in [0.15, 0.2) is 30.0 Å². The largest absolute Gasteiger partial charge is 0.478 e. The second kappa shape index (κ2) is 5.99. The summed E-state index contributed by atoms with van der Waals surface area (Å²) in [6.07, 6.45) is 2.29. The molecule has 1 fully saturated rings. The van der Waals surface area contributed by atoms with E-state index in [0.717, 1.165) is 16.8 Å². The lowest BCUT2D eigenvalue weighted by atomic mass is 10.0. The highest BCUT2D eigenvalue weighted by atomic mass is 16.4. The van der Waals surface area contributed by atoms with Crippen LogP contribution in [-0.4, -0.2) is 48.9 Å². The van der Waals surface area contributed by atoms with Crippen LogP contribution >= 0.6 is 0 Å². The number of aromatic carboxylic acids is 1. The number of hydrogen-bond donors (Lipinski definition) is 1. The number of carboxylic acid groups (broad SMARTS) is 1. The molecule has 5 nitrogen and oxygen atoms in total. The molecule has 0 aliphatic carbocycles. The van der Waals surface area contributed by atoms with E-state index in [-0.39, 0.29) is 5.78 Å². The molecule has 0 radical (unpaired) electrons. The molecule has 0 atom stereocenters. The lowest BCUT2D eigenvalue weighted by molar-refractivity contribution is -0.116. The van der Waals surface area contributed by atoms with Crippen LogP contribution in [-0.2, 0) is 4.79 Å². The Labute approximate surface area is 124 Å². The Morgan fingerprint density at radius 1 is 1.38 bits per heavy atom. The maximum absolute atomic E-state index is 12.0. The first kappa shape index (κ1) is 15.1. The van der Waals surface area contributed by atoms with Crippen LogP contribution in [0.5, 0.6) is 0 Å². The lowest BCUT2D eigenvalue weighted by Gasteiger charge is -2.31. The van der Waals surface area contributed by atoms with Crippen molar-refractivity contribution < 1.29 is 14.7 Å². The van der Waals surface area contributed by atoms with Gasteiger partial charge in [-0.25, -0.2) is 4.79 Å². The molecule has 0 bridgehead atoms. The Hall–Kier alpha value is -2.30. The summed E-state index contributed by atoms with van der Waals surface area (Å²) in [6.45, 7) is 2.94. The summed E-state index contributed by atoms with van der Waals surface area (Å²) < 4.78 is 0. The van der Waals surface area contributed by atoms with Gasteiger partial charge in [0.25, 0.3) is 0 Å². The average Bonchev–Trinajstić information content (AvgIpc) is 2.41. The van der Waals surface area contributed by atoms with Crippen molar-refractivity contribution in [3.05, 3.63) is 41.1 Å². The summed E-state index contributed by atoms with van der Waals surface area (Å²) in [5, 5.41) is 9.21. The van der Waals surface area contributed by atoms with Gasteiger partial charge in [-0.05, 0) is 24.6 Å². The summed E-state index contributed by atoms with van der Waals surface area (Å²) in [5.74, 6) is -0.765. The molecule has 21 heavy (non-hydrogen) atoms. The number of carbonyl (C=O) groups is 2. The third-order valence-corrected chi connectivity index (χ3v) is 3.62. The molecule has 0 saturated carbocycles. The number of carbonyl (C=O) groups excluding carboxylic acids is 1. The van der Waals surface area contributed by atoms with Crippen LogP contribution in [0.2, 0.25) is 0 Å². The van der Waals surface area contributed by atoms with Crippen molar-refractivity contribution in [2.45, 2.75) is 13.3 Å². The van der Waals surface area contributed by atoms with E-state index < -0.39 is 5.97 Å². The number of nitrogens with zero attached hydrogens (tertiary/aromatic N) is 2. The van der Waals surface area contributed by atoms with Crippen molar-refractivity contribution >= 4 is 17.4 Å². The van der Waals surface area contributed by atoms with Gasteiger partial charge in [-0.3, -0.25) is 4.79 Å². The van der Waals surface area contributed by atoms with Crippen LogP contribution in [0.4, 0.5) is 5.69 Å². The van der Waals surface area contributed by atoms with Crippen LogP contribution in [0.1, 0.15) is 22.3 Å². The Balaban J connectivity index is 2.33. The normalized spacial score (nSPS) is 17.2. The Bertz CT molecular complexity index is 606. The lowest BCUT2D eigenvalue weighted by Crippen LogP contribution is -2.37. The molecule has 0 spiro atoms. The minimum atomic E-state index is -0.925. The Kier molecular flexibility index (Phi) is 4.31. The van der Waals surface area contributed by atoms with Crippen LogP contribution in [0.3, 0.4) is 0 Å². The molecule has 2 rings (SSSR count). The molecule has 1 aliphatic heterocycles. The van der Waals surface area contributed by atoms with E-state index in [1.54, 1.807) is 12.1 Å². The van der Waals surface area contributed by atoms with E-state index in [9.17, 15) is 14.7 Å². The summed E-state index contributed by atoms with van der Waals surface area (Å²) in [4.78, 5) is 27.1. The number of rotatable bonds is 3. The molecule has 1 aliphatic rings. The second-order valence-electron chi connectivity index (χ2n) is 5.47. The molecule has 0 amide bonds. The van der Waals surface area contributed by atoms with Crippen molar-refractivity contribution in [3.63, 3.8) is 0 Å². The van der Waals surface area contributed by atoms with Gasteiger partial charge >= 0.3 is 5.97 Å². The highest BCUT2D eigenvalue weighted by Crippen LogP contribution is 2.27. The van der Waals surface area contributed by atoms with Gasteiger partial charge in [0.05, 0.1) is 5.56 Å². The van der Waals surface area contributed by atoms with Gasteiger partial charge in [0.15, 0.2) is 5.78 Å². The van der Waals surface area contributed by atoms with E-state index in [4.69, 9.17) is 0 Å². The van der Waals surface area contributed by atoms with Crippen molar-refractivity contribution in [2.75, 3.05) is 32.1 Å². The third kappa shape index (κ3) is 3.24. The van der Waals surface area contributed by atoms with Gasteiger partial charge in [0.2, 0.25) is 0 Å². The minimum Gasteiger partial charge on any atom is -0.478 e. The van der Waals surface area contributed by atoms with Gasteiger partial charge in [0, 0.05) is 51.1 Å². The molecule has 0 unspecified atom stereocenters. The zero-order chi connectivity index (χ0) is 15.6. The van der Waals surface area contributed by atoms with Crippen molar-refractivity contribution in [3.8, 4) is 0 Å². The SMILES string of the molecule is Cc1c(C(=O)O)cccc1N1CCC(=O)C(=CN(C)C)C1. The minimum absolute atomic E-state index is 0.159. The predicted octanol–water partition coefficient (Wildman–Crippen LogP) is 1.92. The smallest absolute Gasteiger partial charge is 0.336 e. The molecule has 1 saturated heterocycles. The molecular formula is C16H20N2O3. The third-order valence-electron chi connectivity index (χ3n) is 3.62. The standard InChI is InChI=1S/C16H20N2O3/c1-11-13(16(20)21)5-4-6-14(11)18-8-7-15(19)12(10-18)9-17(2)3/h4-6,9H,7-8,10H2,1-3H3,(H,20,21). The number of hydrogen-bond acceptors (Lipinski definition) is 4. The summed E-state index contributed by atoms with van der Waals surface area (Å²) in [7, 11) is 3.77. The molecule has 112 valence electrons. The van der Waals surface area contributed by atoms with Gasteiger partial charge in [-0.15, -0.1) is 0 Å². The predicted molar refractivity (Wildman–Crippen MR) is 81.7 cm³/mol. The molecule has 1 N–H and O–H groups in total. The summed E-state index contributed by atoms with van der Waals surface area (Å²) in [6, 6.07) is 5.26. The zero-order valence-corrected chi connectivity index (χ0v) is 12.6. The van der Waals surface area contributed by atoms with E-state index in [0.29, 0.717) is 25.1 Å². The first-order valence-corrected chi connectivity index (χ1v) is 6.88. The van der Waals surface area contributed by atoms with Crippen molar-refractivity contribution in [2.24, 2.45) is 0 Å². The number of ketones is 1. The van der Waals surface area contributed by atoms with E-state index in [1.807, 2.05) is 38.2 Å². The number of piperidine rings is 1. The summed E-state index contributed by atoms with van der Waals surface area (Å²) >= 11 is 0. The molecule has 1 aromatic carbocycles. The molecule has 1 aromatic rings. The van der Waals surface area contributed by atoms with E-state index >= 15 is 0 Å². The first-order valence-electron chi connectivity index (χ1n) is 6.88. The fourth-order valence-electron chi connectivity index (χ4n) is 2.60. The second-order valence-corrected chi connectivity index (χ2v) is 5.47. The number of benzene rings is 1. The molecule has 1 heterocycles. The summed E-state index contributed by atoms with van der Waals surface area (Å²) in [5.41, 5.74) is 2.68. The molecule has 0 aromatic heterocycles. The average molecular weight is 288 g/mol. The highest BCUT2D eigenvalue weighted by molar-refractivity contribution is 5.98. The highest BCUT2D eigenvalue weighted by Gasteiger charge is 2.24. The number of carboxylic acids is 1. The fraction of sp³-hybridized carbons (Fsp3) is 0.375. The van der Waals surface area contributed by atoms with Crippen molar-refractivity contribution in [1.82, 2.24) is 4.90 Å². The maximum atomic E-state index is 12.0. The van der Waals surface area contributed by atoms with E-state index in [2.05, 4.69) is 4.90 Å². The molecular weight excluding hydrogens is 268 g/mol. The van der Waals surface area contributed by atoms with Gasteiger partial charge < -0.3 is 14.9 Å².